The highest BCUT2D eigenvalue weighted by Gasteiger charge is 2.06. The maximum Gasteiger partial charge on any atom is 0.476 e. The summed E-state index contributed by atoms with van der Waals surface area (Å²) in [5.41, 5.74) is 5.81. The number of rotatable bonds is 2. The lowest BCUT2D eigenvalue weighted by molar-refractivity contribution is 0.116. The van der Waals surface area contributed by atoms with Crippen LogP contribution in [0.15, 0.2) is 30.3 Å². The normalized spacial score (nSPS) is 11.9. The van der Waals surface area contributed by atoms with Crippen molar-refractivity contribution in [2.45, 2.75) is 13.0 Å². The summed E-state index contributed by atoms with van der Waals surface area (Å²) in [7, 11) is -5.67. The van der Waals surface area contributed by atoms with Gasteiger partial charge >= 0.3 is 16.7 Å². The maximum absolute atomic E-state index is 10.4. The second kappa shape index (κ2) is 6.79. The fraction of sp³-hybridized carbons (Fsp3) is 0.222. The Morgan fingerprint density at radius 1 is 1.29 bits per heavy atom. The van der Waals surface area contributed by atoms with Crippen molar-refractivity contribution in [3.05, 3.63) is 35.9 Å². The molecule has 2 N–H and O–H groups in total. The van der Waals surface area contributed by atoms with Crippen molar-refractivity contribution < 1.29 is 25.7 Å². The highest BCUT2D eigenvalue weighted by molar-refractivity contribution is 7.81. The summed E-state index contributed by atoms with van der Waals surface area (Å²) >= 11 is 0. The molecule has 0 aliphatic heterocycles. The van der Waals surface area contributed by atoms with E-state index in [1.54, 1.807) is 6.92 Å². The van der Waals surface area contributed by atoms with Crippen molar-refractivity contribution >= 4 is 16.7 Å². The Labute approximate surface area is 97.7 Å². The standard InChI is InChI=1S/C9H11NO2.F2O2S/c1-7(12-9(10)11)8-5-3-2-4-6-8;1-5(2,3)4/h2-7H,1H3,(H2,10,11);. The third-order valence-electron chi connectivity index (χ3n) is 1.56. The Bertz CT molecular complexity index is 441. The molecule has 17 heavy (non-hydrogen) atoms. The number of carbonyl (C=O) groups is 1. The third kappa shape index (κ3) is 10.6. The van der Waals surface area contributed by atoms with E-state index >= 15 is 0 Å². The highest BCUT2D eigenvalue weighted by Crippen LogP contribution is 2.14. The van der Waals surface area contributed by atoms with Crippen LogP contribution in [0.25, 0.3) is 0 Å². The summed E-state index contributed by atoms with van der Waals surface area (Å²) in [6.07, 6.45) is -1.02. The van der Waals surface area contributed by atoms with Gasteiger partial charge in [-0.3, -0.25) is 0 Å². The molecule has 0 spiro atoms. The monoisotopic (exact) mass is 267 g/mol. The Morgan fingerprint density at radius 2 is 1.71 bits per heavy atom. The fourth-order valence-corrected chi connectivity index (χ4v) is 0.966. The first-order chi connectivity index (χ1) is 7.70. The van der Waals surface area contributed by atoms with Crippen LogP contribution in [-0.4, -0.2) is 14.5 Å². The molecular formula is C9H11F2NO4S. The predicted octanol–water partition coefficient (Wildman–Crippen LogP) is 2.01. The Kier molecular flexibility index (Phi) is 6.11. The van der Waals surface area contributed by atoms with Gasteiger partial charge in [0.05, 0.1) is 0 Å². The van der Waals surface area contributed by atoms with Gasteiger partial charge in [0.25, 0.3) is 0 Å². The summed E-state index contributed by atoms with van der Waals surface area (Å²) < 4.78 is 41.4. The van der Waals surface area contributed by atoms with Gasteiger partial charge < -0.3 is 10.5 Å². The number of nitrogens with two attached hydrogens (primary N) is 1. The molecule has 0 aromatic heterocycles. The molecule has 1 aromatic rings. The minimum absolute atomic E-state index is 0.274. The molecule has 1 unspecified atom stereocenters. The van der Waals surface area contributed by atoms with Crippen molar-refractivity contribution in [1.82, 2.24) is 0 Å². The average Bonchev–Trinajstić information content (AvgIpc) is 2.15. The summed E-state index contributed by atoms with van der Waals surface area (Å²) in [5.74, 6) is 0. The maximum atomic E-state index is 10.4. The van der Waals surface area contributed by atoms with E-state index in [2.05, 4.69) is 0 Å². The van der Waals surface area contributed by atoms with Crippen LogP contribution in [0, 0.1) is 0 Å². The third-order valence-corrected chi connectivity index (χ3v) is 1.56. The molecule has 0 saturated carbocycles. The molecule has 5 nitrogen and oxygen atoms in total. The molecule has 1 atom stereocenters. The Balaban J connectivity index is 0.000000437. The largest absolute Gasteiger partial charge is 0.476 e. The van der Waals surface area contributed by atoms with Crippen molar-refractivity contribution in [3.63, 3.8) is 0 Å². The van der Waals surface area contributed by atoms with Crippen LogP contribution in [0.5, 0.6) is 0 Å². The summed E-state index contributed by atoms with van der Waals surface area (Å²) in [6, 6.07) is 9.44. The number of benzene rings is 1. The summed E-state index contributed by atoms with van der Waals surface area (Å²) in [4.78, 5) is 10.4. The number of primary amides is 1. The molecule has 0 aliphatic carbocycles. The molecule has 1 rings (SSSR count). The van der Waals surface area contributed by atoms with Crippen LogP contribution in [-0.2, 0) is 15.3 Å². The van der Waals surface area contributed by atoms with Crippen LogP contribution < -0.4 is 5.73 Å². The van der Waals surface area contributed by atoms with E-state index in [0.29, 0.717) is 0 Å². The number of halogens is 2. The summed E-state index contributed by atoms with van der Waals surface area (Å²) in [6.45, 7) is 1.78. The molecule has 96 valence electrons. The molecule has 8 heteroatoms. The van der Waals surface area contributed by atoms with Crippen molar-refractivity contribution in [2.75, 3.05) is 0 Å². The van der Waals surface area contributed by atoms with Crippen LogP contribution in [0.2, 0.25) is 0 Å². The van der Waals surface area contributed by atoms with E-state index in [9.17, 15) is 12.6 Å². The van der Waals surface area contributed by atoms with E-state index in [0.717, 1.165) is 5.56 Å². The van der Waals surface area contributed by atoms with Crippen molar-refractivity contribution in [1.29, 1.82) is 0 Å². The first-order valence-electron chi connectivity index (χ1n) is 4.35. The second-order valence-corrected chi connectivity index (χ2v) is 3.62. The first-order valence-corrected chi connectivity index (χ1v) is 5.64. The minimum Gasteiger partial charge on any atom is -0.442 e. The number of amides is 1. The van der Waals surface area contributed by atoms with Gasteiger partial charge in [0.15, 0.2) is 0 Å². The zero-order valence-corrected chi connectivity index (χ0v) is 9.66. The molecule has 0 heterocycles. The number of ether oxygens (including phenoxy) is 1. The lowest BCUT2D eigenvalue weighted by Crippen LogP contribution is -2.15. The van der Waals surface area contributed by atoms with Gasteiger partial charge in [-0.05, 0) is 12.5 Å². The Hall–Kier alpha value is -1.70. The molecular weight excluding hydrogens is 256 g/mol. The summed E-state index contributed by atoms with van der Waals surface area (Å²) in [5, 5.41) is 0. The smallest absolute Gasteiger partial charge is 0.442 e. The van der Waals surface area contributed by atoms with Crippen molar-refractivity contribution in [2.24, 2.45) is 5.73 Å². The number of hydrogen-bond donors (Lipinski definition) is 1. The van der Waals surface area contributed by atoms with Gasteiger partial charge in [0, 0.05) is 0 Å². The van der Waals surface area contributed by atoms with E-state index in [1.165, 1.54) is 0 Å². The van der Waals surface area contributed by atoms with Gasteiger partial charge in [-0.2, -0.15) is 8.42 Å². The van der Waals surface area contributed by atoms with Gasteiger partial charge in [0.1, 0.15) is 6.10 Å². The van der Waals surface area contributed by atoms with Gasteiger partial charge in [-0.1, -0.05) is 38.1 Å². The van der Waals surface area contributed by atoms with Crippen LogP contribution in [0.1, 0.15) is 18.6 Å². The van der Waals surface area contributed by atoms with Gasteiger partial charge in [-0.15, -0.1) is 0 Å². The first kappa shape index (κ1) is 15.3. The Morgan fingerprint density at radius 3 is 2.06 bits per heavy atom. The molecule has 1 aromatic carbocycles. The molecule has 0 radical (unpaired) electrons. The van der Waals surface area contributed by atoms with Crippen LogP contribution in [0.4, 0.5) is 12.6 Å². The molecule has 1 amide bonds. The second-order valence-electron chi connectivity index (χ2n) is 2.87. The molecule has 0 aliphatic rings. The lowest BCUT2D eigenvalue weighted by Gasteiger charge is -2.10. The van der Waals surface area contributed by atoms with Gasteiger partial charge in [-0.25, -0.2) is 4.79 Å². The minimum atomic E-state index is -5.67. The number of carbonyl (C=O) groups excluding carboxylic acids is 1. The topological polar surface area (TPSA) is 86.5 Å². The fourth-order valence-electron chi connectivity index (χ4n) is 0.966. The van der Waals surface area contributed by atoms with Crippen LogP contribution >= 0.6 is 0 Å². The van der Waals surface area contributed by atoms with Gasteiger partial charge in [0.2, 0.25) is 0 Å². The van der Waals surface area contributed by atoms with Crippen molar-refractivity contribution in [3.8, 4) is 0 Å². The lowest BCUT2D eigenvalue weighted by atomic mass is 10.1. The number of hydrogen-bond acceptors (Lipinski definition) is 4. The molecule has 0 fully saturated rings. The SMILES string of the molecule is CC(OC(N)=O)c1ccccc1.O=S(=O)(F)F. The van der Waals surface area contributed by atoms with E-state index < -0.39 is 16.7 Å². The molecule has 0 bridgehead atoms. The average molecular weight is 267 g/mol. The quantitative estimate of drug-likeness (QED) is 0.830. The van der Waals surface area contributed by atoms with E-state index in [1.807, 2.05) is 30.3 Å². The molecule has 0 saturated heterocycles. The van der Waals surface area contributed by atoms with E-state index in [-0.39, 0.29) is 6.10 Å². The van der Waals surface area contributed by atoms with E-state index in [4.69, 9.17) is 18.9 Å². The van der Waals surface area contributed by atoms with Crippen LogP contribution in [0.3, 0.4) is 0 Å². The predicted molar refractivity (Wildman–Crippen MR) is 56.7 cm³/mol. The highest BCUT2D eigenvalue weighted by atomic mass is 32.3. The zero-order chi connectivity index (χ0) is 13.5. The zero-order valence-electron chi connectivity index (χ0n) is 8.84.